The van der Waals surface area contributed by atoms with Crippen molar-refractivity contribution in [3.8, 4) is 0 Å². The fourth-order valence-corrected chi connectivity index (χ4v) is 3.10. The molecule has 0 saturated heterocycles. The molecule has 2 aromatic carbocycles. The number of benzene rings is 2. The third-order valence-electron chi connectivity index (χ3n) is 4.00. The Kier molecular flexibility index (Phi) is 3.77. The average molecular weight is 290 g/mol. The summed E-state index contributed by atoms with van der Waals surface area (Å²) in [5.41, 5.74) is 3.78. The van der Waals surface area contributed by atoms with Gasteiger partial charge >= 0.3 is 0 Å². The molecule has 0 spiro atoms. The summed E-state index contributed by atoms with van der Waals surface area (Å²) in [6, 6.07) is 13.4. The molecule has 2 atom stereocenters. The largest absolute Gasteiger partial charge is 0.303 e. The first-order chi connectivity index (χ1) is 9.63. The molecule has 0 saturated carbocycles. The van der Waals surface area contributed by atoms with Crippen molar-refractivity contribution in [2.24, 2.45) is 0 Å². The first-order valence-corrected chi connectivity index (χ1v) is 7.31. The molecule has 20 heavy (non-hydrogen) atoms. The molecule has 0 bridgehead atoms. The first kappa shape index (κ1) is 13.6. The highest BCUT2D eigenvalue weighted by molar-refractivity contribution is 6.30. The number of aryl methyl sites for hydroxylation is 1. The molecule has 1 aliphatic rings. The Morgan fingerprint density at radius 2 is 1.95 bits per heavy atom. The zero-order chi connectivity index (χ0) is 14.1. The third-order valence-corrected chi connectivity index (χ3v) is 4.24. The van der Waals surface area contributed by atoms with Crippen LogP contribution in [0, 0.1) is 5.82 Å². The van der Waals surface area contributed by atoms with Gasteiger partial charge in [0.15, 0.2) is 0 Å². The van der Waals surface area contributed by atoms with Gasteiger partial charge < -0.3 is 5.32 Å². The second kappa shape index (κ2) is 5.55. The van der Waals surface area contributed by atoms with Crippen LogP contribution in [0.1, 0.15) is 42.1 Å². The number of halogens is 2. The lowest BCUT2D eigenvalue weighted by Crippen LogP contribution is -2.23. The Balaban J connectivity index is 1.75. The molecular weight excluding hydrogens is 273 g/mol. The number of nitrogens with one attached hydrogen (secondary N) is 1. The lowest BCUT2D eigenvalue weighted by molar-refractivity contribution is 0.464. The average Bonchev–Trinajstić information content (AvgIpc) is 2.81. The molecule has 0 heterocycles. The topological polar surface area (TPSA) is 12.0 Å². The van der Waals surface area contributed by atoms with Gasteiger partial charge in [0.2, 0.25) is 0 Å². The maximum Gasteiger partial charge on any atom is 0.123 e. The molecule has 3 rings (SSSR count). The van der Waals surface area contributed by atoms with E-state index in [0.717, 1.165) is 23.4 Å². The van der Waals surface area contributed by atoms with Crippen molar-refractivity contribution in [3.05, 3.63) is 70.0 Å². The summed E-state index contributed by atoms with van der Waals surface area (Å²) in [4.78, 5) is 0. The zero-order valence-electron chi connectivity index (χ0n) is 11.4. The molecule has 3 heteroatoms. The highest BCUT2D eigenvalue weighted by Gasteiger charge is 2.23. The number of hydrogen-bond donors (Lipinski definition) is 1. The van der Waals surface area contributed by atoms with E-state index >= 15 is 0 Å². The van der Waals surface area contributed by atoms with Gasteiger partial charge in [-0.1, -0.05) is 29.8 Å². The Labute approximate surface area is 123 Å². The maximum atomic E-state index is 13.0. The molecule has 1 unspecified atom stereocenters. The molecule has 0 radical (unpaired) electrons. The first-order valence-electron chi connectivity index (χ1n) is 6.93. The van der Waals surface area contributed by atoms with E-state index in [1.807, 2.05) is 18.2 Å². The van der Waals surface area contributed by atoms with E-state index in [1.54, 1.807) is 0 Å². The summed E-state index contributed by atoms with van der Waals surface area (Å²) in [6.07, 6.45) is 2.14. The normalized spacial score (nSPS) is 18.9. The maximum absolute atomic E-state index is 13.0. The monoisotopic (exact) mass is 289 g/mol. The molecule has 1 N–H and O–H groups in total. The van der Waals surface area contributed by atoms with Gasteiger partial charge in [0.1, 0.15) is 5.82 Å². The van der Waals surface area contributed by atoms with Gasteiger partial charge in [-0.3, -0.25) is 0 Å². The van der Waals surface area contributed by atoms with Gasteiger partial charge in [0, 0.05) is 17.1 Å². The van der Waals surface area contributed by atoms with E-state index in [1.165, 1.54) is 23.3 Å². The lowest BCUT2D eigenvalue weighted by Gasteiger charge is -2.21. The van der Waals surface area contributed by atoms with Gasteiger partial charge in [0.05, 0.1) is 0 Å². The summed E-state index contributed by atoms with van der Waals surface area (Å²) in [7, 11) is 0. The van der Waals surface area contributed by atoms with Crippen molar-refractivity contribution in [1.29, 1.82) is 0 Å². The lowest BCUT2D eigenvalue weighted by atomic mass is 10.0. The van der Waals surface area contributed by atoms with Crippen LogP contribution in [0.2, 0.25) is 5.02 Å². The quantitative estimate of drug-likeness (QED) is 0.854. The molecule has 0 aliphatic heterocycles. The zero-order valence-corrected chi connectivity index (χ0v) is 12.1. The molecule has 0 aromatic heterocycles. The van der Waals surface area contributed by atoms with Crippen LogP contribution in [0.15, 0.2) is 42.5 Å². The van der Waals surface area contributed by atoms with E-state index in [4.69, 9.17) is 11.6 Å². The third kappa shape index (κ3) is 2.72. The fraction of sp³-hybridized carbons (Fsp3) is 0.294. The van der Waals surface area contributed by atoms with Gasteiger partial charge in [-0.15, -0.1) is 0 Å². The van der Waals surface area contributed by atoms with Crippen molar-refractivity contribution >= 4 is 11.6 Å². The van der Waals surface area contributed by atoms with E-state index in [9.17, 15) is 4.39 Å². The molecular formula is C17H17ClFN. The number of hydrogen-bond acceptors (Lipinski definition) is 1. The minimum Gasteiger partial charge on any atom is -0.303 e. The van der Waals surface area contributed by atoms with Crippen LogP contribution < -0.4 is 5.32 Å². The van der Waals surface area contributed by atoms with Crippen LogP contribution in [0.25, 0.3) is 0 Å². The highest BCUT2D eigenvalue weighted by atomic mass is 35.5. The van der Waals surface area contributed by atoms with Crippen molar-refractivity contribution in [3.63, 3.8) is 0 Å². The molecule has 1 aliphatic carbocycles. The SMILES string of the molecule is C[C@H](NC1CCc2cc(Cl)ccc21)c1ccc(F)cc1. The van der Waals surface area contributed by atoms with Crippen LogP contribution in [0.5, 0.6) is 0 Å². The van der Waals surface area contributed by atoms with Crippen molar-refractivity contribution in [2.45, 2.75) is 31.8 Å². The highest BCUT2D eigenvalue weighted by Crippen LogP contribution is 2.34. The predicted molar refractivity (Wildman–Crippen MR) is 80.5 cm³/mol. The van der Waals surface area contributed by atoms with Gasteiger partial charge in [-0.05, 0) is 60.7 Å². The number of fused-ring (bicyclic) bond motifs is 1. The second-order valence-electron chi connectivity index (χ2n) is 5.37. The predicted octanol–water partition coefficient (Wildman–Crippen LogP) is 4.82. The minimum absolute atomic E-state index is 0.193. The van der Waals surface area contributed by atoms with E-state index in [-0.39, 0.29) is 11.9 Å². The standard InChI is InChI=1S/C17H17ClFN/c1-11(12-2-6-15(19)7-3-12)20-17-9-4-13-10-14(18)5-8-16(13)17/h2-3,5-8,10-11,17,20H,4,9H2,1H3/t11-,17?/m0/s1. The van der Waals surface area contributed by atoms with E-state index in [0.29, 0.717) is 6.04 Å². The van der Waals surface area contributed by atoms with Crippen LogP contribution in [-0.2, 0) is 6.42 Å². The van der Waals surface area contributed by atoms with Crippen molar-refractivity contribution < 1.29 is 4.39 Å². The molecule has 1 nitrogen and oxygen atoms in total. The molecule has 0 fully saturated rings. The van der Waals surface area contributed by atoms with Crippen molar-refractivity contribution in [2.75, 3.05) is 0 Å². The Bertz CT molecular complexity index is 609. The minimum atomic E-state index is -0.193. The van der Waals surface area contributed by atoms with E-state index < -0.39 is 0 Å². The summed E-state index contributed by atoms with van der Waals surface area (Å²) in [5.74, 6) is -0.193. The number of rotatable bonds is 3. The van der Waals surface area contributed by atoms with Gasteiger partial charge in [-0.25, -0.2) is 4.39 Å². The molecule has 2 aromatic rings. The van der Waals surface area contributed by atoms with Gasteiger partial charge in [0.25, 0.3) is 0 Å². The molecule has 104 valence electrons. The molecule has 0 amide bonds. The Morgan fingerprint density at radius 1 is 1.20 bits per heavy atom. The Hall–Kier alpha value is -1.38. The summed E-state index contributed by atoms with van der Waals surface area (Å²) < 4.78 is 13.0. The summed E-state index contributed by atoms with van der Waals surface area (Å²) in [5, 5.41) is 4.43. The van der Waals surface area contributed by atoms with Crippen molar-refractivity contribution in [1.82, 2.24) is 5.32 Å². The van der Waals surface area contributed by atoms with Crippen LogP contribution in [0.4, 0.5) is 4.39 Å². The van der Waals surface area contributed by atoms with Gasteiger partial charge in [-0.2, -0.15) is 0 Å². The van der Waals surface area contributed by atoms with Crippen LogP contribution in [0.3, 0.4) is 0 Å². The summed E-state index contributed by atoms with van der Waals surface area (Å²) in [6.45, 7) is 2.11. The fourth-order valence-electron chi connectivity index (χ4n) is 2.91. The summed E-state index contributed by atoms with van der Waals surface area (Å²) >= 11 is 6.03. The van der Waals surface area contributed by atoms with Crippen LogP contribution >= 0.6 is 11.6 Å². The smallest absolute Gasteiger partial charge is 0.123 e. The van der Waals surface area contributed by atoms with Crippen LogP contribution in [-0.4, -0.2) is 0 Å². The van der Waals surface area contributed by atoms with E-state index in [2.05, 4.69) is 24.4 Å². The Morgan fingerprint density at radius 3 is 2.70 bits per heavy atom. The second-order valence-corrected chi connectivity index (χ2v) is 5.81.